The van der Waals surface area contributed by atoms with Gasteiger partial charge in [-0.1, -0.05) is 13.8 Å². The lowest BCUT2D eigenvalue weighted by atomic mass is 10.2. The fourth-order valence-electron chi connectivity index (χ4n) is 1.87. The van der Waals surface area contributed by atoms with E-state index < -0.39 is 0 Å². The van der Waals surface area contributed by atoms with E-state index in [4.69, 9.17) is 0 Å². The number of nitrogens with zero attached hydrogens (tertiary/aromatic N) is 2. The third kappa shape index (κ3) is 5.42. The van der Waals surface area contributed by atoms with Crippen LogP contribution < -0.4 is 10.6 Å². The van der Waals surface area contributed by atoms with Crippen molar-refractivity contribution in [2.75, 3.05) is 13.1 Å². The first-order valence-electron chi connectivity index (χ1n) is 7.11. The van der Waals surface area contributed by atoms with E-state index in [2.05, 4.69) is 29.5 Å². The van der Waals surface area contributed by atoms with E-state index in [0.29, 0.717) is 12.5 Å². The van der Waals surface area contributed by atoms with E-state index in [9.17, 15) is 4.79 Å². The van der Waals surface area contributed by atoms with Gasteiger partial charge in [-0.2, -0.15) is 0 Å². The van der Waals surface area contributed by atoms with Crippen molar-refractivity contribution < 1.29 is 4.79 Å². The van der Waals surface area contributed by atoms with Gasteiger partial charge in [0.2, 0.25) is 5.91 Å². The molecule has 0 aliphatic heterocycles. The van der Waals surface area contributed by atoms with Crippen LogP contribution in [0.15, 0.2) is 12.5 Å². The third-order valence-electron chi connectivity index (χ3n) is 3.16. The van der Waals surface area contributed by atoms with E-state index in [0.717, 1.165) is 31.2 Å². The van der Waals surface area contributed by atoms with Gasteiger partial charge in [0.1, 0.15) is 6.54 Å². The van der Waals surface area contributed by atoms with Gasteiger partial charge in [0, 0.05) is 19.3 Å². The van der Waals surface area contributed by atoms with Gasteiger partial charge in [0.15, 0.2) is 0 Å². The van der Waals surface area contributed by atoms with E-state index in [1.165, 1.54) is 12.8 Å². The van der Waals surface area contributed by atoms with Crippen molar-refractivity contribution in [3.8, 4) is 0 Å². The average molecular weight is 264 g/mol. The Kier molecular flexibility index (Phi) is 4.96. The Hall–Kier alpha value is -1.36. The Morgan fingerprint density at radius 3 is 3.00 bits per heavy atom. The third-order valence-corrected chi connectivity index (χ3v) is 3.16. The van der Waals surface area contributed by atoms with Crippen LogP contribution in [0.3, 0.4) is 0 Å². The molecule has 19 heavy (non-hydrogen) atoms. The van der Waals surface area contributed by atoms with Gasteiger partial charge in [-0.25, -0.2) is 4.98 Å². The molecule has 1 fully saturated rings. The summed E-state index contributed by atoms with van der Waals surface area (Å²) in [5.74, 6) is 1.43. The summed E-state index contributed by atoms with van der Waals surface area (Å²) in [6.45, 7) is 7.29. The molecule has 0 saturated heterocycles. The number of hydrogen-bond donors (Lipinski definition) is 2. The van der Waals surface area contributed by atoms with Gasteiger partial charge in [-0.15, -0.1) is 0 Å². The summed E-state index contributed by atoms with van der Waals surface area (Å²) in [4.78, 5) is 16.0. The van der Waals surface area contributed by atoms with Gasteiger partial charge in [-0.05, 0) is 31.2 Å². The number of hydrogen-bond acceptors (Lipinski definition) is 3. The second-order valence-corrected chi connectivity index (χ2v) is 5.81. The molecule has 1 amide bonds. The molecule has 0 bridgehead atoms. The first-order valence-corrected chi connectivity index (χ1v) is 7.11. The standard InChI is InChI=1S/C14H24N4O/c1-11(2)5-15-7-13-8-18(10-17-13)9-14(19)16-6-12-3-4-12/h8,10-12,15H,3-7,9H2,1-2H3,(H,16,19). The summed E-state index contributed by atoms with van der Waals surface area (Å²) in [6.07, 6.45) is 6.18. The Morgan fingerprint density at radius 2 is 2.32 bits per heavy atom. The first-order chi connectivity index (χ1) is 9.13. The van der Waals surface area contributed by atoms with Crippen LogP contribution in [0, 0.1) is 11.8 Å². The summed E-state index contributed by atoms with van der Waals surface area (Å²) in [7, 11) is 0. The van der Waals surface area contributed by atoms with Crippen molar-refractivity contribution in [2.24, 2.45) is 11.8 Å². The predicted molar refractivity (Wildman–Crippen MR) is 74.5 cm³/mol. The van der Waals surface area contributed by atoms with E-state index in [1.54, 1.807) is 6.33 Å². The highest BCUT2D eigenvalue weighted by molar-refractivity contribution is 5.75. The highest BCUT2D eigenvalue weighted by Crippen LogP contribution is 2.27. The fourth-order valence-corrected chi connectivity index (χ4v) is 1.87. The molecule has 5 nitrogen and oxygen atoms in total. The van der Waals surface area contributed by atoms with Gasteiger partial charge >= 0.3 is 0 Å². The largest absolute Gasteiger partial charge is 0.354 e. The van der Waals surface area contributed by atoms with Crippen LogP contribution in [-0.2, 0) is 17.9 Å². The van der Waals surface area contributed by atoms with Gasteiger partial charge < -0.3 is 15.2 Å². The predicted octanol–water partition coefficient (Wildman–Crippen LogP) is 1.15. The summed E-state index contributed by atoms with van der Waals surface area (Å²) in [6, 6.07) is 0. The normalized spacial score (nSPS) is 14.9. The number of imidazole rings is 1. The second kappa shape index (κ2) is 6.70. The fraction of sp³-hybridized carbons (Fsp3) is 0.714. The summed E-state index contributed by atoms with van der Waals surface area (Å²) < 4.78 is 1.84. The van der Waals surface area contributed by atoms with E-state index >= 15 is 0 Å². The highest BCUT2D eigenvalue weighted by Gasteiger charge is 2.21. The van der Waals surface area contributed by atoms with Crippen LogP contribution in [0.4, 0.5) is 0 Å². The van der Waals surface area contributed by atoms with Crippen molar-refractivity contribution in [3.05, 3.63) is 18.2 Å². The molecule has 1 aromatic heterocycles. The molecule has 1 aromatic rings. The van der Waals surface area contributed by atoms with Crippen molar-refractivity contribution in [3.63, 3.8) is 0 Å². The maximum atomic E-state index is 11.7. The molecule has 1 saturated carbocycles. The number of rotatable bonds is 8. The topological polar surface area (TPSA) is 59.0 Å². The smallest absolute Gasteiger partial charge is 0.239 e. The van der Waals surface area contributed by atoms with Gasteiger partial charge in [-0.3, -0.25) is 4.79 Å². The molecular weight excluding hydrogens is 240 g/mol. The molecule has 0 radical (unpaired) electrons. The lowest BCUT2D eigenvalue weighted by Gasteiger charge is -2.05. The van der Waals surface area contributed by atoms with Crippen LogP contribution >= 0.6 is 0 Å². The Balaban J connectivity index is 1.68. The lowest BCUT2D eigenvalue weighted by molar-refractivity contribution is -0.121. The molecule has 1 aliphatic rings. The summed E-state index contributed by atoms with van der Waals surface area (Å²) in [5, 5.41) is 6.30. The molecular formula is C14H24N4O. The average Bonchev–Trinajstić information content (AvgIpc) is 3.08. The molecule has 0 atom stereocenters. The van der Waals surface area contributed by atoms with Crippen LogP contribution in [0.2, 0.25) is 0 Å². The summed E-state index contributed by atoms with van der Waals surface area (Å²) >= 11 is 0. The van der Waals surface area contributed by atoms with Crippen molar-refractivity contribution in [1.29, 1.82) is 0 Å². The zero-order valence-electron chi connectivity index (χ0n) is 11.9. The second-order valence-electron chi connectivity index (χ2n) is 5.81. The first kappa shape index (κ1) is 14.1. The highest BCUT2D eigenvalue weighted by atomic mass is 16.1. The summed E-state index contributed by atoms with van der Waals surface area (Å²) in [5.41, 5.74) is 0.982. The maximum absolute atomic E-state index is 11.7. The van der Waals surface area contributed by atoms with Crippen molar-refractivity contribution in [2.45, 2.75) is 39.8 Å². The minimum absolute atomic E-state index is 0.0750. The molecule has 0 spiro atoms. The lowest BCUT2D eigenvalue weighted by Crippen LogP contribution is -2.28. The SMILES string of the molecule is CC(C)CNCc1cn(CC(=O)NCC2CC2)cn1. The monoisotopic (exact) mass is 264 g/mol. The van der Waals surface area contributed by atoms with Crippen molar-refractivity contribution >= 4 is 5.91 Å². The molecule has 5 heteroatoms. The molecule has 1 aliphatic carbocycles. The maximum Gasteiger partial charge on any atom is 0.239 e. The molecule has 0 unspecified atom stereocenters. The number of carbonyl (C=O) groups excluding carboxylic acids is 1. The minimum atomic E-state index is 0.0750. The van der Waals surface area contributed by atoms with Gasteiger partial charge in [0.05, 0.1) is 12.0 Å². The zero-order valence-corrected chi connectivity index (χ0v) is 11.9. The number of amides is 1. The Bertz CT molecular complexity index is 409. The molecule has 2 rings (SSSR count). The molecule has 2 N–H and O–H groups in total. The Morgan fingerprint density at radius 1 is 1.53 bits per heavy atom. The van der Waals surface area contributed by atoms with Crippen LogP contribution in [0.25, 0.3) is 0 Å². The van der Waals surface area contributed by atoms with E-state index in [-0.39, 0.29) is 5.91 Å². The van der Waals surface area contributed by atoms with Crippen LogP contribution in [-0.4, -0.2) is 28.5 Å². The quantitative estimate of drug-likeness (QED) is 0.740. The van der Waals surface area contributed by atoms with Crippen LogP contribution in [0.1, 0.15) is 32.4 Å². The number of carbonyl (C=O) groups is 1. The van der Waals surface area contributed by atoms with Crippen LogP contribution in [0.5, 0.6) is 0 Å². The number of nitrogens with one attached hydrogen (secondary N) is 2. The minimum Gasteiger partial charge on any atom is -0.354 e. The zero-order chi connectivity index (χ0) is 13.7. The molecule has 106 valence electrons. The van der Waals surface area contributed by atoms with Gasteiger partial charge in [0.25, 0.3) is 0 Å². The van der Waals surface area contributed by atoms with Crippen molar-refractivity contribution in [1.82, 2.24) is 20.2 Å². The Labute approximate surface area is 114 Å². The number of aromatic nitrogens is 2. The molecule has 0 aromatic carbocycles. The van der Waals surface area contributed by atoms with E-state index in [1.807, 2.05) is 10.8 Å². The molecule has 1 heterocycles.